The number of hydrogen-bond donors (Lipinski definition) is 0. The molecule has 0 radical (unpaired) electrons. The molecule has 74 valence electrons. The molecule has 0 heterocycles. The van der Waals surface area contributed by atoms with Gasteiger partial charge in [0.15, 0.2) is 0 Å². The van der Waals surface area contributed by atoms with Gasteiger partial charge in [0, 0.05) is 0 Å². The van der Waals surface area contributed by atoms with Crippen LogP contribution >= 0.6 is 23.2 Å². The van der Waals surface area contributed by atoms with Crippen LogP contribution in [0, 0.1) is 0 Å². The van der Waals surface area contributed by atoms with E-state index in [0.717, 1.165) is 7.11 Å². The molecule has 0 aliphatic heterocycles. The van der Waals surface area contributed by atoms with E-state index in [1.807, 2.05) is 0 Å². The summed E-state index contributed by atoms with van der Waals surface area (Å²) in [6, 6.07) is 4.53. The van der Waals surface area contributed by atoms with E-state index >= 15 is 0 Å². The summed E-state index contributed by atoms with van der Waals surface area (Å²) in [5.74, 6) is -1.83. The molecular weight excluding hydrogens is 227 g/mol. The van der Waals surface area contributed by atoms with Crippen LogP contribution in [0.25, 0.3) is 0 Å². The topological polar surface area (TPSA) is 43.4 Å². The second-order valence-electron chi connectivity index (χ2n) is 2.42. The Hall–Kier alpha value is -1.06. The van der Waals surface area contributed by atoms with E-state index < -0.39 is 11.8 Å². The van der Waals surface area contributed by atoms with Crippen LogP contribution in [0.2, 0.25) is 10.0 Å². The molecule has 0 atom stereocenters. The van der Waals surface area contributed by atoms with Crippen molar-refractivity contribution in [1.29, 1.82) is 0 Å². The minimum atomic E-state index is -0.986. The first kappa shape index (κ1) is 11.0. The van der Waals surface area contributed by atoms with E-state index in [0.29, 0.717) is 0 Å². The van der Waals surface area contributed by atoms with E-state index in [4.69, 9.17) is 23.2 Å². The first-order chi connectivity index (χ1) is 6.57. The molecule has 0 bridgehead atoms. The van der Waals surface area contributed by atoms with Gasteiger partial charge in [0.2, 0.25) is 0 Å². The molecule has 14 heavy (non-hydrogen) atoms. The number of Topliss-reactive ketones (excluding diaryl/α,β-unsaturated/α-hetero) is 1. The van der Waals surface area contributed by atoms with Gasteiger partial charge in [-0.05, 0) is 12.1 Å². The first-order valence-electron chi connectivity index (χ1n) is 3.64. The Morgan fingerprint density at radius 1 is 1.21 bits per heavy atom. The van der Waals surface area contributed by atoms with Gasteiger partial charge in [0.1, 0.15) is 0 Å². The molecule has 0 saturated carbocycles. The van der Waals surface area contributed by atoms with E-state index in [1.54, 1.807) is 6.07 Å². The van der Waals surface area contributed by atoms with Crippen LogP contribution in [0.15, 0.2) is 18.2 Å². The third-order valence-electron chi connectivity index (χ3n) is 1.56. The molecule has 0 saturated heterocycles. The zero-order valence-electron chi connectivity index (χ0n) is 7.21. The summed E-state index contributed by atoms with van der Waals surface area (Å²) in [5, 5.41) is 0.265. The Morgan fingerprint density at radius 3 is 2.14 bits per heavy atom. The van der Waals surface area contributed by atoms with E-state index in [-0.39, 0.29) is 15.6 Å². The third-order valence-corrected chi connectivity index (χ3v) is 2.19. The number of ether oxygens (including phenoxy) is 1. The molecule has 0 N–H and O–H groups in total. The summed E-state index contributed by atoms with van der Waals surface area (Å²) >= 11 is 11.4. The van der Waals surface area contributed by atoms with Crippen LogP contribution in [-0.2, 0) is 9.53 Å². The highest BCUT2D eigenvalue weighted by molar-refractivity contribution is 6.49. The van der Waals surface area contributed by atoms with E-state index in [1.165, 1.54) is 12.1 Å². The van der Waals surface area contributed by atoms with Gasteiger partial charge in [-0.3, -0.25) is 4.79 Å². The summed E-state index contributed by atoms with van der Waals surface area (Å²) < 4.78 is 4.27. The van der Waals surface area contributed by atoms with Crippen LogP contribution < -0.4 is 0 Å². The monoisotopic (exact) mass is 232 g/mol. The number of benzene rings is 1. The van der Waals surface area contributed by atoms with Gasteiger partial charge in [-0.25, -0.2) is 4.79 Å². The fourth-order valence-corrected chi connectivity index (χ4v) is 1.48. The molecule has 5 heteroatoms. The molecule has 0 unspecified atom stereocenters. The number of halogens is 2. The maximum Gasteiger partial charge on any atom is 0.379 e. The highest BCUT2D eigenvalue weighted by Gasteiger charge is 2.22. The second-order valence-corrected chi connectivity index (χ2v) is 3.23. The lowest BCUT2D eigenvalue weighted by Gasteiger charge is -2.03. The van der Waals surface area contributed by atoms with Gasteiger partial charge >= 0.3 is 5.97 Å². The van der Waals surface area contributed by atoms with Gasteiger partial charge < -0.3 is 4.74 Å². The van der Waals surface area contributed by atoms with Crippen molar-refractivity contribution >= 4 is 35.0 Å². The van der Waals surface area contributed by atoms with E-state index in [2.05, 4.69) is 4.74 Å². The number of hydrogen-bond acceptors (Lipinski definition) is 3. The maximum absolute atomic E-state index is 11.4. The molecule has 1 rings (SSSR count). The average molecular weight is 233 g/mol. The highest BCUT2D eigenvalue weighted by Crippen LogP contribution is 2.24. The van der Waals surface area contributed by atoms with Crippen LogP contribution in [0.3, 0.4) is 0 Å². The molecule has 0 spiro atoms. The quantitative estimate of drug-likeness (QED) is 0.447. The lowest BCUT2D eigenvalue weighted by molar-refractivity contribution is -0.135. The highest BCUT2D eigenvalue weighted by atomic mass is 35.5. The van der Waals surface area contributed by atoms with Crippen molar-refractivity contribution in [3.63, 3.8) is 0 Å². The van der Waals surface area contributed by atoms with E-state index in [9.17, 15) is 9.59 Å². The SMILES string of the molecule is COC(=O)C(=O)c1c(Cl)cccc1Cl. The molecule has 1 aromatic rings. The van der Waals surface area contributed by atoms with Crippen LogP contribution in [0.4, 0.5) is 0 Å². The van der Waals surface area contributed by atoms with Crippen molar-refractivity contribution < 1.29 is 14.3 Å². The molecule has 3 nitrogen and oxygen atoms in total. The van der Waals surface area contributed by atoms with Crippen molar-refractivity contribution in [2.45, 2.75) is 0 Å². The molecule has 0 fully saturated rings. The van der Waals surface area contributed by atoms with Gasteiger partial charge in [-0.1, -0.05) is 29.3 Å². The zero-order valence-corrected chi connectivity index (χ0v) is 8.72. The zero-order chi connectivity index (χ0) is 10.7. The smallest absolute Gasteiger partial charge is 0.379 e. The van der Waals surface area contributed by atoms with Crippen molar-refractivity contribution in [3.8, 4) is 0 Å². The van der Waals surface area contributed by atoms with Crippen molar-refractivity contribution in [1.82, 2.24) is 0 Å². The van der Waals surface area contributed by atoms with Gasteiger partial charge in [0.25, 0.3) is 5.78 Å². The summed E-state index contributed by atoms with van der Waals surface area (Å²) in [7, 11) is 1.12. The minimum Gasteiger partial charge on any atom is -0.463 e. The van der Waals surface area contributed by atoms with Gasteiger partial charge in [-0.15, -0.1) is 0 Å². The summed E-state index contributed by atoms with van der Waals surface area (Å²) in [6.45, 7) is 0. The predicted molar refractivity (Wildman–Crippen MR) is 52.8 cm³/mol. The molecule has 0 aliphatic rings. The minimum absolute atomic E-state index is 0.0253. The van der Waals surface area contributed by atoms with Gasteiger partial charge in [0.05, 0.1) is 22.7 Å². The Morgan fingerprint density at radius 2 is 1.71 bits per heavy atom. The fourth-order valence-electron chi connectivity index (χ4n) is 0.909. The number of methoxy groups -OCH3 is 1. The molecule has 0 amide bonds. The second kappa shape index (κ2) is 4.44. The van der Waals surface area contributed by atoms with Crippen LogP contribution in [0.1, 0.15) is 10.4 Å². The maximum atomic E-state index is 11.4. The third kappa shape index (κ3) is 2.05. The van der Waals surface area contributed by atoms with Crippen molar-refractivity contribution in [2.24, 2.45) is 0 Å². The number of carbonyl (C=O) groups is 2. The van der Waals surface area contributed by atoms with Crippen molar-refractivity contribution in [2.75, 3.05) is 7.11 Å². The first-order valence-corrected chi connectivity index (χ1v) is 4.40. The summed E-state index contributed by atoms with van der Waals surface area (Å²) in [5.41, 5.74) is -0.0253. The lowest BCUT2D eigenvalue weighted by atomic mass is 10.1. The Balaban J connectivity index is 3.19. The molecule has 0 aromatic heterocycles. The summed E-state index contributed by atoms with van der Waals surface area (Å²) in [6.07, 6.45) is 0. The molecular formula is C9H6Cl2O3. The van der Waals surface area contributed by atoms with Gasteiger partial charge in [-0.2, -0.15) is 0 Å². The number of rotatable bonds is 2. The standard InChI is InChI=1S/C9H6Cl2O3/c1-14-9(13)8(12)7-5(10)3-2-4-6(7)11/h2-4H,1H3. The number of carbonyl (C=O) groups excluding carboxylic acids is 2. The van der Waals surface area contributed by atoms with Crippen LogP contribution in [0.5, 0.6) is 0 Å². The molecule has 0 aliphatic carbocycles. The fraction of sp³-hybridized carbons (Fsp3) is 0.111. The van der Waals surface area contributed by atoms with Crippen LogP contribution in [-0.4, -0.2) is 18.9 Å². The Labute approximate surface area is 90.6 Å². The number of esters is 1. The largest absolute Gasteiger partial charge is 0.463 e. The predicted octanol–water partition coefficient (Wildman–Crippen LogP) is 2.35. The Bertz CT molecular complexity index is 367. The number of ketones is 1. The average Bonchev–Trinajstić information content (AvgIpc) is 2.16. The molecule has 1 aromatic carbocycles. The lowest BCUT2D eigenvalue weighted by Crippen LogP contribution is -2.16. The van der Waals surface area contributed by atoms with Crippen molar-refractivity contribution in [3.05, 3.63) is 33.8 Å². The Kier molecular flexibility index (Phi) is 3.49. The summed E-state index contributed by atoms with van der Waals surface area (Å²) in [4.78, 5) is 22.3. The normalized spacial score (nSPS) is 9.64.